The van der Waals surface area contributed by atoms with Gasteiger partial charge in [0.15, 0.2) is 0 Å². The van der Waals surface area contributed by atoms with Crippen molar-refractivity contribution in [3.8, 4) is 0 Å². The molecule has 1 rings (SSSR count). The van der Waals surface area contributed by atoms with Crippen molar-refractivity contribution in [1.82, 2.24) is 15.5 Å². The van der Waals surface area contributed by atoms with E-state index in [0.29, 0.717) is 32.2 Å². The third-order valence-corrected chi connectivity index (χ3v) is 3.50. The lowest BCUT2D eigenvalue weighted by Gasteiger charge is -2.34. The summed E-state index contributed by atoms with van der Waals surface area (Å²) in [5.41, 5.74) is 3.80. The number of carboxylic acids is 1. The standard InChI is InChI=1S/C12H22N4O4/c1-2-4-12(9(17)18)5-3-8-16(12)11(20)15-7-6-14-10(13)19/h2-8H2,1H3,(H,15,20)(H,17,18)(H3,13,14,19). The number of carbonyl (C=O) groups is 3. The molecule has 0 spiro atoms. The van der Waals surface area contributed by atoms with Gasteiger partial charge in [-0.3, -0.25) is 0 Å². The van der Waals surface area contributed by atoms with E-state index >= 15 is 0 Å². The third-order valence-electron chi connectivity index (χ3n) is 3.50. The number of hydrogen-bond acceptors (Lipinski definition) is 3. The molecule has 20 heavy (non-hydrogen) atoms. The van der Waals surface area contributed by atoms with Gasteiger partial charge in [-0.1, -0.05) is 13.3 Å². The fraction of sp³-hybridized carbons (Fsp3) is 0.750. The van der Waals surface area contributed by atoms with E-state index < -0.39 is 23.6 Å². The minimum atomic E-state index is -1.10. The first-order valence-electron chi connectivity index (χ1n) is 6.76. The molecule has 0 aliphatic carbocycles. The van der Waals surface area contributed by atoms with Crippen molar-refractivity contribution in [3.63, 3.8) is 0 Å². The van der Waals surface area contributed by atoms with Crippen molar-refractivity contribution in [2.24, 2.45) is 5.73 Å². The molecule has 0 aromatic heterocycles. The number of primary amides is 1. The van der Waals surface area contributed by atoms with Crippen LogP contribution in [0.3, 0.4) is 0 Å². The van der Waals surface area contributed by atoms with Crippen LogP contribution in [0.15, 0.2) is 0 Å². The van der Waals surface area contributed by atoms with E-state index in [4.69, 9.17) is 5.73 Å². The van der Waals surface area contributed by atoms with E-state index in [9.17, 15) is 19.5 Å². The Labute approximate surface area is 117 Å². The largest absolute Gasteiger partial charge is 0.479 e. The summed E-state index contributed by atoms with van der Waals surface area (Å²) in [6.07, 6.45) is 2.29. The van der Waals surface area contributed by atoms with Gasteiger partial charge >= 0.3 is 18.0 Å². The van der Waals surface area contributed by atoms with E-state index in [0.717, 1.165) is 0 Å². The van der Waals surface area contributed by atoms with Crippen molar-refractivity contribution >= 4 is 18.0 Å². The number of carboxylic acid groups (broad SMARTS) is 1. The third kappa shape index (κ3) is 3.52. The molecule has 1 saturated heterocycles. The van der Waals surface area contributed by atoms with Crippen LogP contribution in [0.2, 0.25) is 0 Å². The molecule has 0 aromatic rings. The van der Waals surface area contributed by atoms with Crippen LogP contribution in [0.1, 0.15) is 32.6 Å². The van der Waals surface area contributed by atoms with Crippen molar-refractivity contribution in [2.45, 2.75) is 38.1 Å². The lowest BCUT2D eigenvalue weighted by atomic mass is 9.91. The highest BCUT2D eigenvalue weighted by Gasteiger charge is 2.49. The maximum absolute atomic E-state index is 12.1. The van der Waals surface area contributed by atoms with E-state index in [1.54, 1.807) is 0 Å². The number of nitrogens with one attached hydrogen (secondary N) is 2. The number of carbonyl (C=O) groups excluding carboxylic acids is 2. The molecule has 0 bridgehead atoms. The normalized spacial score (nSPS) is 21.6. The fourth-order valence-corrected chi connectivity index (χ4v) is 2.63. The van der Waals surface area contributed by atoms with Crippen molar-refractivity contribution < 1.29 is 19.5 Å². The van der Waals surface area contributed by atoms with Gasteiger partial charge in [0.2, 0.25) is 0 Å². The average Bonchev–Trinajstić information content (AvgIpc) is 2.79. The van der Waals surface area contributed by atoms with E-state index in [-0.39, 0.29) is 13.1 Å². The zero-order valence-electron chi connectivity index (χ0n) is 11.6. The van der Waals surface area contributed by atoms with Crippen LogP contribution in [-0.4, -0.2) is 53.2 Å². The Bertz CT molecular complexity index is 388. The van der Waals surface area contributed by atoms with Crippen molar-refractivity contribution in [1.29, 1.82) is 0 Å². The zero-order valence-corrected chi connectivity index (χ0v) is 11.6. The summed E-state index contributed by atoms with van der Waals surface area (Å²) in [6.45, 7) is 2.75. The molecule has 4 amide bonds. The predicted octanol–water partition coefficient (Wildman–Crippen LogP) is 0.0836. The summed E-state index contributed by atoms with van der Waals surface area (Å²) < 4.78 is 0. The summed E-state index contributed by atoms with van der Waals surface area (Å²) >= 11 is 0. The van der Waals surface area contributed by atoms with Gasteiger partial charge in [0.25, 0.3) is 0 Å². The van der Waals surface area contributed by atoms with E-state index in [1.807, 2.05) is 6.92 Å². The van der Waals surface area contributed by atoms with E-state index in [1.165, 1.54) is 4.90 Å². The molecule has 1 aliphatic heterocycles. The van der Waals surface area contributed by atoms with Crippen LogP contribution in [-0.2, 0) is 4.79 Å². The Hall–Kier alpha value is -1.99. The molecule has 1 fully saturated rings. The molecular formula is C12H22N4O4. The maximum atomic E-state index is 12.1. The first-order chi connectivity index (χ1) is 9.44. The van der Waals surface area contributed by atoms with Crippen molar-refractivity contribution in [2.75, 3.05) is 19.6 Å². The van der Waals surface area contributed by atoms with Gasteiger partial charge in [0.05, 0.1) is 0 Å². The summed E-state index contributed by atoms with van der Waals surface area (Å²) in [5.74, 6) is -0.956. The van der Waals surface area contributed by atoms with Gasteiger partial charge in [-0.15, -0.1) is 0 Å². The highest BCUT2D eigenvalue weighted by Crippen LogP contribution is 2.33. The van der Waals surface area contributed by atoms with Gasteiger partial charge < -0.3 is 26.4 Å². The molecule has 114 valence electrons. The monoisotopic (exact) mass is 286 g/mol. The lowest BCUT2D eigenvalue weighted by Crippen LogP contribution is -2.56. The second-order valence-electron chi connectivity index (χ2n) is 4.86. The molecule has 8 nitrogen and oxygen atoms in total. The Balaban J connectivity index is 2.60. The second-order valence-corrected chi connectivity index (χ2v) is 4.86. The topological polar surface area (TPSA) is 125 Å². The van der Waals surface area contributed by atoms with Crippen LogP contribution in [0.25, 0.3) is 0 Å². The van der Waals surface area contributed by atoms with Gasteiger partial charge in [-0.2, -0.15) is 0 Å². The number of aliphatic carboxylic acids is 1. The minimum absolute atomic E-state index is 0.208. The van der Waals surface area contributed by atoms with Crippen LogP contribution in [0.4, 0.5) is 9.59 Å². The number of nitrogens with two attached hydrogens (primary N) is 1. The molecule has 0 saturated carbocycles. The van der Waals surface area contributed by atoms with Crippen LogP contribution < -0.4 is 16.4 Å². The predicted molar refractivity (Wildman–Crippen MR) is 72.2 cm³/mol. The molecule has 1 heterocycles. The Morgan fingerprint density at radius 2 is 1.95 bits per heavy atom. The first-order valence-corrected chi connectivity index (χ1v) is 6.76. The number of nitrogens with zero attached hydrogens (tertiary/aromatic N) is 1. The van der Waals surface area contributed by atoms with Gasteiger partial charge in [-0.25, -0.2) is 14.4 Å². The summed E-state index contributed by atoms with van der Waals surface area (Å²) in [6, 6.07) is -1.07. The molecule has 8 heteroatoms. The second kappa shape index (κ2) is 6.97. The number of likely N-dealkylation sites (tertiary alicyclic amines) is 1. The molecule has 0 radical (unpaired) electrons. The number of hydrogen-bond donors (Lipinski definition) is 4. The quantitative estimate of drug-likeness (QED) is 0.516. The van der Waals surface area contributed by atoms with Gasteiger partial charge in [0.1, 0.15) is 5.54 Å². The molecular weight excluding hydrogens is 264 g/mol. The highest BCUT2D eigenvalue weighted by atomic mass is 16.4. The average molecular weight is 286 g/mol. The molecule has 1 atom stereocenters. The number of urea groups is 2. The lowest BCUT2D eigenvalue weighted by molar-refractivity contribution is -0.148. The van der Waals surface area contributed by atoms with Crippen LogP contribution in [0.5, 0.6) is 0 Å². The molecule has 1 unspecified atom stereocenters. The van der Waals surface area contributed by atoms with Crippen LogP contribution >= 0.6 is 0 Å². The fourth-order valence-electron chi connectivity index (χ4n) is 2.63. The SMILES string of the molecule is CCCC1(C(=O)O)CCCN1C(=O)NCCNC(N)=O. The summed E-state index contributed by atoms with van der Waals surface area (Å²) in [5, 5.41) is 14.4. The Kier molecular flexibility index (Phi) is 5.60. The van der Waals surface area contributed by atoms with Crippen LogP contribution in [0, 0.1) is 0 Å². The maximum Gasteiger partial charge on any atom is 0.329 e. The zero-order chi connectivity index (χ0) is 15.2. The van der Waals surface area contributed by atoms with Gasteiger partial charge in [-0.05, 0) is 19.3 Å². The minimum Gasteiger partial charge on any atom is -0.479 e. The number of amides is 4. The summed E-state index contributed by atoms with van der Waals surface area (Å²) in [7, 11) is 0. The molecule has 5 N–H and O–H groups in total. The summed E-state index contributed by atoms with van der Waals surface area (Å²) in [4.78, 5) is 35.5. The van der Waals surface area contributed by atoms with E-state index in [2.05, 4.69) is 10.6 Å². The molecule has 1 aliphatic rings. The van der Waals surface area contributed by atoms with Crippen molar-refractivity contribution in [3.05, 3.63) is 0 Å². The first kappa shape index (κ1) is 16.1. The Morgan fingerprint density at radius 3 is 2.50 bits per heavy atom. The number of rotatable bonds is 6. The Morgan fingerprint density at radius 1 is 1.30 bits per heavy atom. The van der Waals surface area contributed by atoms with Gasteiger partial charge in [0, 0.05) is 19.6 Å². The molecule has 0 aromatic carbocycles. The smallest absolute Gasteiger partial charge is 0.329 e. The highest BCUT2D eigenvalue weighted by molar-refractivity contribution is 5.87.